The molecule has 0 spiro atoms. The van der Waals surface area contributed by atoms with Gasteiger partial charge in [-0.3, -0.25) is 0 Å². The van der Waals surface area contributed by atoms with Crippen LogP contribution in [0.2, 0.25) is 0 Å². The molecule has 1 aromatic heterocycles. The zero-order valence-electron chi connectivity index (χ0n) is 11.2. The summed E-state index contributed by atoms with van der Waals surface area (Å²) in [6, 6.07) is 4.92. The molecule has 0 aliphatic carbocycles. The standard InChI is InChI=1S/C13H12N2O5/c1-18-7-4-5-8-9(6-7)15-11(13(17)20-3)10(14-8)12(16)19-2/h4-6H,1-3H3. The minimum absolute atomic E-state index is 0.183. The van der Waals surface area contributed by atoms with Crippen molar-refractivity contribution in [1.29, 1.82) is 0 Å². The summed E-state index contributed by atoms with van der Waals surface area (Å²) in [4.78, 5) is 31.6. The van der Waals surface area contributed by atoms with Gasteiger partial charge in [-0.15, -0.1) is 0 Å². The quantitative estimate of drug-likeness (QED) is 0.778. The maximum Gasteiger partial charge on any atom is 0.359 e. The minimum Gasteiger partial charge on any atom is -0.497 e. The zero-order chi connectivity index (χ0) is 14.7. The number of carbonyl (C=O) groups excluding carboxylic acids is 2. The van der Waals surface area contributed by atoms with Gasteiger partial charge in [-0.2, -0.15) is 0 Å². The van der Waals surface area contributed by atoms with Crippen LogP contribution in [0, 0.1) is 0 Å². The van der Waals surface area contributed by atoms with Crippen LogP contribution in [0.3, 0.4) is 0 Å². The van der Waals surface area contributed by atoms with E-state index in [1.54, 1.807) is 18.2 Å². The smallest absolute Gasteiger partial charge is 0.359 e. The fourth-order valence-corrected chi connectivity index (χ4v) is 1.64. The average molecular weight is 276 g/mol. The maximum absolute atomic E-state index is 11.7. The Morgan fingerprint density at radius 2 is 1.45 bits per heavy atom. The molecule has 1 heterocycles. The van der Waals surface area contributed by atoms with E-state index in [9.17, 15) is 9.59 Å². The summed E-state index contributed by atoms with van der Waals surface area (Å²) in [5.74, 6) is -0.952. The molecule has 104 valence electrons. The highest BCUT2D eigenvalue weighted by atomic mass is 16.5. The van der Waals surface area contributed by atoms with Crippen molar-refractivity contribution in [3.05, 3.63) is 29.6 Å². The van der Waals surface area contributed by atoms with Crippen molar-refractivity contribution in [3.63, 3.8) is 0 Å². The highest BCUT2D eigenvalue weighted by Crippen LogP contribution is 2.20. The zero-order valence-corrected chi connectivity index (χ0v) is 11.2. The number of carbonyl (C=O) groups is 2. The Balaban J connectivity index is 2.70. The Bertz CT molecular complexity index is 684. The maximum atomic E-state index is 11.7. The Labute approximate surface area is 114 Å². The Hall–Kier alpha value is -2.70. The van der Waals surface area contributed by atoms with E-state index < -0.39 is 11.9 Å². The van der Waals surface area contributed by atoms with Crippen LogP contribution in [0.5, 0.6) is 5.75 Å². The number of rotatable bonds is 3. The normalized spacial score (nSPS) is 10.2. The molecular formula is C13H12N2O5. The van der Waals surface area contributed by atoms with Crippen molar-refractivity contribution < 1.29 is 23.8 Å². The van der Waals surface area contributed by atoms with E-state index in [0.717, 1.165) is 0 Å². The van der Waals surface area contributed by atoms with E-state index in [1.807, 2.05) is 0 Å². The summed E-state index contributed by atoms with van der Waals surface area (Å²) < 4.78 is 14.3. The molecule has 1 aromatic carbocycles. The first kappa shape index (κ1) is 13.7. The number of hydrogen-bond donors (Lipinski definition) is 0. The number of fused-ring (bicyclic) bond motifs is 1. The molecule has 2 rings (SSSR count). The molecule has 0 aliphatic rings. The third-order valence-corrected chi connectivity index (χ3v) is 2.63. The fraction of sp³-hybridized carbons (Fsp3) is 0.231. The molecule has 7 nitrogen and oxygen atoms in total. The van der Waals surface area contributed by atoms with Crippen molar-refractivity contribution in [1.82, 2.24) is 9.97 Å². The van der Waals surface area contributed by atoms with Gasteiger partial charge in [0.15, 0.2) is 11.4 Å². The van der Waals surface area contributed by atoms with Crippen LogP contribution in [0.25, 0.3) is 11.0 Å². The predicted octanol–water partition coefficient (Wildman–Crippen LogP) is 1.21. The molecular weight excluding hydrogens is 264 g/mol. The minimum atomic E-state index is -0.761. The van der Waals surface area contributed by atoms with Crippen molar-refractivity contribution in [3.8, 4) is 5.75 Å². The number of esters is 2. The third kappa shape index (κ3) is 2.37. The lowest BCUT2D eigenvalue weighted by molar-refractivity contribution is 0.0545. The number of methoxy groups -OCH3 is 3. The molecule has 2 aromatic rings. The molecule has 0 bridgehead atoms. The highest BCUT2D eigenvalue weighted by Gasteiger charge is 2.23. The molecule has 20 heavy (non-hydrogen) atoms. The van der Waals surface area contributed by atoms with E-state index in [-0.39, 0.29) is 11.4 Å². The van der Waals surface area contributed by atoms with Crippen LogP contribution in [-0.2, 0) is 9.47 Å². The highest BCUT2D eigenvalue weighted by molar-refractivity contribution is 6.02. The number of benzene rings is 1. The molecule has 0 radical (unpaired) electrons. The Morgan fingerprint density at radius 3 is 1.95 bits per heavy atom. The van der Waals surface area contributed by atoms with Crippen LogP contribution in [0.15, 0.2) is 18.2 Å². The summed E-state index contributed by atoms with van der Waals surface area (Å²) >= 11 is 0. The SMILES string of the molecule is COC(=O)c1nc2ccc(OC)cc2nc1C(=O)OC. The Morgan fingerprint density at radius 1 is 0.900 bits per heavy atom. The number of nitrogens with zero attached hydrogens (tertiary/aromatic N) is 2. The molecule has 0 atom stereocenters. The lowest BCUT2D eigenvalue weighted by atomic mass is 10.2. The number of hydrogen-bond acceptors (Lipinski definition) is 7. The van der Waals surface area contributed by atoms with E-state index >= 15 is 0 Å². The molecule has 0 fully saturated rings. The van der Waals surface area contributed by atoms with Gasteiger partial charge in [-0.05, 0) is 12.1 Å². The van der Waals surface area contributed by atoms with Crippen molar-refractivity contribution in [2.45, 2.75) is 0 Å². The molecule has 0 saturated heterocycles. The Kier molecular flexibility index (Phi) is 3.79. The van der Waals surface area contributed by atoms with Gasteiger partial charge in [0, 0.05) is 6.07 Å². The molecule has 0 amide bonds. The number of ether oxygens (including phenoxy) is 3. The molecule has 0 unspecified atom stereocenters. The van der Waals surface area contributed by atoms with E-state index in [4.69, 9.17) is 4.74 Å². The fourth-order valence-electron chi connectivity index (χ4n) is 1.64. The van der Waals surface area contributed by atoms with Crippen LogP contribution in [-0.4, -0.2) is 43.2 Å². The van der Waals surface area contributed by atoms with Gasteiger partial charge in [0.1, 0.15) is 5.75 Å². The van der Waals surface area contributed by atoms with Gasteiger partial charge in [-0.25, -0.2) is 19.6 Å². The average Bonchev–Trinajstić information content (AvgIpc) is 2.51. The third-order valence-electron chi connectivity index (χ3n) is 2.63. The molecule has 7 heteroatoms. The second-order valence-electron chi connectivity index (χ2n) is 3.76. The second kappa shape index (κ2) is 5.52. The number of aromatic nitrogens is 2. The first-order valence-corrected chi connectivity index (χ1v) is 5.63. The van der Waals surface area contributed by atoms with Crippen LogP contribution in [0.4, 0.5) is 0 Å². The van der Waals surface area contributed by atoms with Gasteiger partial charge in [0.25, 0.3) is 0 Å². The van der Waals surface area contributed by atoms with Gasteiger partial charge in [0.2, 0.25) is 0 Å². The topological polar surface area (TPSA) is 87.6 Å². The molecule has 0 N–H and O–H groups in total. The van der Waals surface area contributed by atoms with Crippen LogP contribution < -0.4 is 4.74 Å². The van der Waals surface area contributed by atoms with Gasteiger partial charge < -0.3 is 14.2 Å². The lowest BCUT2D eigenvalue weighted by Crippen LogP contribution is -2.16. The van der Waals surface area contributed by atoms with Crippen molar-refractivity contribution in [2.75, 3.05) is 21.3 Å². The predicted molar refractivity (Wildman–Crippen MR) is 68.8 cm³/mol. The van der Waals surface area contributed by atoms with Gasteiger partial charge in [0.05, 0.1) is 32.4 Å². The van der Waals surface area contributed by atoms with E-state index in [1.165, 1.54) is 21.3 Å². The van der Waals surface area contributed by atoms with Crippen LogP contribution >= 0.6 is 0 Å². The molecule has 0 saturated carbocycles. The summed E-state index contributed by atoms with van der Waals surface area (Å²) in [7, 11) is 3.91. The monoisotopic (exact) mass is 276 g/mol. The summed E-state index contributed by atoms with van der Waals surface area (Å²) in [6.07, 6.45) is 0. The van der Waals surface area contributed by atoms with Crippen molar-refractivity contribution in [2.24, 2.45) is 0 Å². The summed E-state index contributed by atoms with van der Waals surface area (Å²) in [5.41, 5.74) is 0.480. The summed E-state index contributed by atoms with van der Waals surface area (Å²) in [5, 5.41) is 0. The van der Waals surface area contributed by atoms with E-state index in [2.05, 4.69) is 19.4 Å². The lowest BCUT2D eigenvalue weighted by Gasteiger charge is -2.07. The summed E-state index contributed by atoms with van der Waals surface area (Å²) in [6.45, 7) is 0. The first-order valence-electron chi connectivity index (χ1n) is 5.63. The largest absolute Gasteiger partial charge is 0.497 e. The first-order chi connectivity index (χ1) is 9.60. The van der Waals surface area contributed by atoms with E-state index in [0.29, 0.717) is 16.8 Å². The molecule has 0 aliphatic heterocycles. The van der Waals surface area contributed by atoms with Gasteiger partial charge >= 0.3 is 11.9 Å². The van der Waals surface area contributed by atoms with Crippen LogP contribution in [0.1, 0.15) is 21.0 Å². The van der Waals surface area contributed by atoms with Crippen molar-refractivity contribution >= 4 is 23.0 Å². The van der Waals surface area contributed by atoms with Gasteiger partial charge in [-0.1, -0.05) is 0 Å². The second-order valence-corrected chi connectivity index (χ2v) is 3.76.